The second kappa shape index (κ2) is 8.21. The molecule has 0 radical (unpaired) electrons. The van der Waals surface area contributed by atoms with Crippen LogP contribution in [0.1, 0.15) is 13.3 Å². The predicted octanol–water partition coefficient (Wildman–Crippen LogP) is 1.85. The third-order valence-corrected chi connectivity index (χ3v) is 3.33. The summed E-state index contributed by atoms with van der Waals surface area (Å²) in [5.74, 6) is 0. The van der Waals surface area contributed by atoms with Gasteiger partial charge in [-0.2, -0.15) is 0 Å². The van der Waals surface area contributed by atoms with Gasteiger partial charge in [-0.3, -0.25) is 0 Å². The first kappa shape index (κ1) is 9.21. The molecule has 8 heavy (non-hydrogen) atoms. The Labute approximate surface area is 66.8 Å². The minimum Gasteiger partial charge on any atom is -0.382 e. The van der Waals surface area contributed by atoms with Crippen LogP contribution in [0.2, 0.25) is 4.55 Å². The highest BCUT2D eigenvalue weighted by Crippen LogP contribution is 1.92. The van der Waals surface area contributed by atoms with E-state index >= 15 is 0 Å². The van der Waals surface area contributed by atoms with E-state index in [1.165, 1.54) is 11.0 Å². The maximum Gasteiger partial charge on any atom is 0.468 e. The van der Waals surface area contributed by atoms with Crippen molar-refractivity contribution in [2.24, 2.45) is 0 Å². The zero-order valence-corrected chi connectivity index (χ0v) is 8.32. The fraction of sp³-hybridized carbons (Fsp3) is 1.00. The summed E-state index contributed by atoms with van der Waals surface area (Å²) in [5, 5.41) is 0. The van der Waals surface area contributed by atoms with Crippen LogP contribution in [0.5, 0.6) is 0 Å². The van der Waals surface area contributed by atoms with Crippen molar-refractivity contribution < 1.29 is 4.74 Å². The zero-order valence-electron chi connectivity index (χ0n) is 5.32. The average Bonchev–Trinajstić information content (AvgIpc) is 1.81. The Bertz CT molecular complexity index is 37.4. The molecule has 0 saturated heterocycles. The first-order valence-electron chi connectivity index (χ1n) is 3.05. The summed E-state index contributed by atoms with van der Waals surface area (Å²) in [4.78, 5) is 0. The summed E-state index contributed by atoms with van der Waals surface area (Å²) in [7, 11) is 0. The number of hydrogen-bond acceptors (Lipinski definition) is 1. The van der Waals surface area contributed by atoms with Gasteiger partial charge in [0.2, 0.25) is 0 Å². The Kier molecular flexibility index (Phi) is 9.44. The molecule has 0 aromatic rings. The number of hydrogen-bond donors (Lipinski definition) is 0. The van der Waals surface area contributed by atoms with Crippen molar-refractivity contribution in [2.45, 2.75) is 17.9 Å². The van der Waals surface area contributed by atoms with Crippen molar-refractivity contribution in [1.29, 1.82) is 0 Å². The highest BCUT2D eigenvalue weighted by molar-refractivity contribution is 9.23. The molecular formula is C5H11BrMgO. The molecule has 0 N–H and O–H groups in total. The molecule has 46 valence electrons. The minimum absolute atomic E-state index is 0.119. The van der Waals surface area contributed by atoms with Gasteiger partial charge in [0.05, 0.1) is 0 Å². The monoisotopic (exact) mass is 190 g/mol. The van der Waals surface area contributed by atoms with Gasteiger partial charge in [0, 0.05) is 13.2 Å². The lowest BCUT2D eigenvalue weighted by Crippen LogP contribution is -1.92. The fourth-order valence-corrected chi connectivity index (χ4v) is 2.03. The topological polar surface area (TPSA) is 9.23 Å². The van der Waals surface area contributed by atoms with E-state index < -0.39 is 0 Å². The van der Waals surface area contributed by atoms with Crippen LogP contribution < -0.4 is 0 Å². The number of ether oxygens (including phenoxy) is 1. The largest absolute Gasteiger partial charge is 0.468 e. The summed E-state index contributed by atoms with van der Waals surface area (Å²) < 4.78 is 6.50. The Morgan fingerprint density at radius 2 is 2.38 bits per heavy atom. The van der Waals surface area contributed by atoms with Crippen molar-refractivity contribution in [1.82, 2.24) is 0 Å². The van der Waals surface area contributed by atoms with E-state index in [2.05, 4.69) is 12.9 Å². The molecule has 0 bridgehead atoms. The number of halogens is 1. The Hall–Kier alpha value is 1.21. The first-order valence-corrected chi connectivity index (χ1v) is 7.95. The van der Waals surface area contributed by atoms with E-state index in [0.29, 0.717) is 0 Å². The van der Waals surface area contributed by atoms with E-state index in [-0.39, 0.29) is 18.2 Å². The summed E-state index contributed by atoms with van der Waals surface area (Å²) in [6, 6.07) is 0. The molecule has 0 aliphatic carbocycles. The molecule has 0 amide bonds. The highest BCUT2D eigenvalue weighted by Gasteiger charge is 1.88. The molecule has 0 atom stereocenters. The lowest BCUT2D eigenvalue weighted by molar-refractivity contribution is 0.148. The lowest BCUT2D eigenvalue weighted by atomic mass is 10.5. The van der Waals surface area contributed by atoms with Gasteiger partial charge < -0.3 is 17.6 Å². The second-order valence-electron chi connectivity index (χ2n) is 1.59. The molecule has 0 spiro atoms. The van der Waals surface area contributed by atoms with Gasteiger partial charge in [-0.25, -0.2) is 0 Å². The molecule has 0 aliphatic rings. The summed E-state index contributed by atoms with van der Waals surface area (Å²) >= 11 is 3.60. The smallest absolute Gasteiger partial charge is 0.382 e. The Morgan fingerprint density at radius 3 is 2.88 bits per heavy atom. The summed E-state index contributed by atoms with van der Waals surface area (Å²) in [5.41, 5.74) is 0. The molecule has 0 fully saturated rings. The highest BCUT2D eigenvalue weighted by atomic mass is 79.9. The quantitative estimate of drug-likeness (QED) is 0.476. The maximum atomic E-state index is 5.14. The van der Waals surface area contributed by atoms with Gasteiger partial charge in [0.25, 0.3) is 0 Å². The van der Waals surface area contributed by atoms with E-state index in [4.69, 9.17) is 4.74 Å². The molecule has 0 saturated carbocycles. The minimum atomic E-state index is 0.119. The Morgan fingerprint density at radius 1 is 1.62 bits per heavy atom. The van der Waals surface area contributed by atoms with E-state index in [1.807, 2.05) is 6.92 Å². The van der Waals surface area contributed by atoms with Gasteiger partial charge >= 0.3 is 18.2 Å². The molecule has 1 nitrogen and oxygen atoms in total. The SMILES string of the molecule is CCOCC[CH2][Mg][Br]. The molecule has 3 heteroatoms. The zero-order chi connectivity index (χ0) is 6.24. The van der Waals surface area contributed by atoms with Gasteiger partial charge in [0.1, 0.15) is 0 Å². The van der Waals surface area contributed by atoms with Gasteiger partial charge in [-0.15, -0.1) is 4.55 Å². The summed E-state index contributed by atoms with van der Waals surface area (Å²) in [6.07, 6.45) is 1.24. The predicted molar refractivity (Wildman–Crippen MR) is 40.6 cm³/mol. The van der Waals surface area contributed by atoms with Crippen LogP contribution >= 0.6 is 12.9 Å². The molecule has 0 unspecified atom stereocenters. The first-order chi connectivity index (χ1) is 3.91. The van der Waals surface area contributed by atoms with Gasteiger partial charge in [-0.05, 0) is 6.92 Å². The number of rotatable bonds is 5. The standard InChI is InChI=1S/C5H11O.BrH.Mg/c1-3-5-6-4-2;;/h1,3-5H2,2H3;1H;/q;;+1/p-1. The summed E-state index contributed by atoms with van der Waals surface area (Å²) in [6.45, 7) is 3.85. The normalized spacial score (nSPS) is 8.75. The average molecular weight is 191 g/mol. The fourth-order valence-electron chi connectivity index (χ4n) is 0.443. The van der Waals surface area contributed by atoms with E-state index in [0.717, 1.165) is 13.2 Å². The van der Waals surface area contributed by atoms with Gasteiger partial charge in [0.15, 0.2) is 0 Å². The van der Waals surface area contributed by atoms with Crippen LogP contribution in [-0.2, 0) is 4.74 Å². The van der Waals surface area contributed by atoms with Gasteiger partial charge in [-0.1, -0.05) is 6.42 Å². The second-order valence-corrected chi connectivity index (χ2v) is 5.06. The molecular weight excluding hydrogens is 180 g/mol. The van der Waals surface area contributed by atoms with Crippen molar-refractivity contribution in [2.75, 3.05) is 13.2 Å². The third-order valence-electron chi connectivity index (χ3n) is 0.876. The molecule has 0 aromatic heterocycles. The maximum absolute atomic E-state index is 5.14. The molecule has 0 aliphatic heterocycles. The van der Waals surface area contributed by atoms with Crippen molar-refractivity contribution in [3.63, 3.8) is 0 Å². The van der Waals surface area contributed by atoms with Crippen LogP contribution in [-0.4, -0.2) is 31.4 Å². The lowest BCUT2D eigenvalue weighted by Gasteiger charge is -1.96. The van der Waals surface area contributed by atoms with Crippen LogP contribution in [0.15, 0.2) is 0 Å². The van der Waals surface area contributed by atoms with Crippen LogP contribution in [0.3, 0.4) is 0 Å². The van der Waals surface area contributed by atoms with Crippen LogP contribution in [0, 0.1) is 0 Å². The van der Waals surface area contributed by atoms with E-state index in [9.17, 15) is 0 Å². The van der Waals surface area contributed by atoms with Crippen LogP contribution in [0.25, 0.3) is 0 Å². The molecule has 0 rings (SSSR count). The molecule has 0 heterocycles. The van der Waals surface area contributed by atoms with Crippen molar-refractivity contribution >= 4 is 31.1 Å². The Balaban J connectivity index is 2.53. The van der Waals surface area contributed by atoms with Crippen LogP contribution in [0.4, 0.5) is 0 Å². The third kappa shape index (κ3) is 7.21. The van der Waals surface area contributed by atoms with E-state index in [1.54, 1.807) is 0 Å². The molecule has 0 aromatic carbocycles. The van der Waals surface area contributed by atoms with Crippen molar-refractivity contribution in [3.8, 4) is 0 Å². The van der Waals surface area contributed by atoms with Crippen molar-refractivity contribution in [3.05, 3.63) is 0 Å².